The van der Waals surface area contributed by atoms with Crippen LogP contribution in [0.4, 0.5) is 0 Å². The molecule has 0 saturated carbocycles. The Balaban J connectivity index is 2.35. The molecule has 0 aromatic rings. The Morgan fingerprint density at radius 2 is 2.05 bits per heavy atom. The van der Waals surface area contributed by atoms with Crippen molar-refractivity contribution >= 4 is 5.97 Å². The standard InChI is InChI=1S/C16H29NO2/c1-2-10-15-11-8-6-4-3-5-7-9-12-16(18)19-14-13-17-15/h3,5,15,17H,2,4,6-14H2,1H3/b5-3-. The number of allylic oxidation sites excluding steroid dienone is 2. The van der Waals surface area contributed by atoms with E-state index in [1.54, 1.807) is 0 Å². The minimum Gasteiger partial charge on any atom is -0.464 e. The summed E-state index contributed by atoms with van der Waals surface area (Å²) in [5.74, 6) is -0.0582. The summed E-state index contributed by atoms with van der Waals surface area (Å²) in [4.78, 5) is 11.5. The van der Waals surface area contributed by atoms with Crippen molar-refractivity contribution in [2.45, 2.75) is 70.8 Å². The van der Waals surface area contributed by atoms with Gasteiger partial charge in [-0.15, -0.1) is 0 Å². The molecular formula is C16H29NO2. The zero-order valence-electron chi connectivity index (χ0n) is 12.3. The maximum atomic E-state index is 11.5. The predicted molar refractivity (Wildman–Crippen MR) is 79.1 cm³/mol. The van der Waals surface area contributed by atoms with Gasteiger partial charge in [0.1, 0.15) is 6.61 Å². The molecule has 0 aromatic carbocycles. The fourth-order valence-electron chi connectivity index (χ4n) is 2.45. The number of carbonyl (C=O) groups excluding carboxylic acids is 1. The van der Waals surface area contributed by atoms with Gasteiger partial charge in [-0.2, -0.15) is 0 Å². The smallest absolute Gasteiger partial charge is 0.305 e. The molecule has 19 heavy (non-hydrogen) atoms. The summed E-state index contributed by atoms with van der Waals surface area (Å²) in [7, 11) is 0. The van der Waals surface area contributed by atoms with Crippen molar-refractivity contribution in [1.29, 1.82) is 0 Å². The van der Waals surface area contributed by atoms with E-state index in [4.69, 9.17) is 4.74 Å². The molecule has 3 nitrogen and oxygen atoms in total. The van der Waals surface area contributed by atoms with Gasteiger partial charge in [-0.3, -0.25) is 4.79 Å². The average Bonchev–Trinajstić information content (AvgIpc) is 2.41. The molecule has 1 rings (SSSR count). The fourth-order valence-corrected chi connectivity index (χ4v) is 2.45. The van der Waals surface area contributed by atoms with Crippen molar-refractivity contribution in [3.05, 3.63) is 12.2 Å². The highest BCUT2D eigenvalue weighted by Crippen LogP contribution is 2.10. The SMILES string of the molecule is CCCC1CCCC/C=C\CCCC(=O)OCCN1. The number of carbonyl (C=O) groups is 1. The first-order valence-electron chi connectivity index (χ1n) is 7.87. The monoisotopic (exact) mass is 267 g/mol. The summed E-state index contributed by atoms with van der Waals surface area (Å²) < 4.78 is 5.22. The molecular weight excluding hydrogens is 238 g/mol. The Morgan fingerprint density at radius 1 is 1.26 bits per heavy atom. The molecule has 0 radical (unpaired) electrons. The van der Waals surface area contributed by atoms with Crippen LogP contribution in [0.3, 0.4) is 0 Å². The lowest BCUT2D eigenvalue weighted by Crippen LogP contribution is -2.32. The van der Waals surface area contributed by atoms with E-state index < -0.39 is 0 Å². The molecule has 0 spiro atoms. The molecule has 1 N–H and O–H groups in total. The van der Waals surface area contributed by atoms with Gasteiger partial charge in [-0.1, -0.05) is 31.9 Å². The van der Waals surface area contributed by atoms with E-state index in [0.717, 1.165) is 19.4 Å². The number of hydrogen-bond donors (Lipinski definition) is 1. The van der Waals surface area contributed by atoms with Gasteiger partial charge in [-0.25, -0.2) is 0 Å². The first kappa shape index (κ1) is 16.2. The Labute approximate surface area is 117 Å². The van der Waals surface area contributed by atoms with Crippen molar-refractivity contribution in [1.82, 2.24) is 5.32 Å². The minimum atomic E-state index is -0.0582. The highest BCUT2D eigenvalue weighted by atomic mass is 16.5. The lowest BCUT2D eigenvalue weighted by molar-refractivity contribution is -0.143. The van der Waals surface area contributed by atoms with E-state index in [1.165, 1.54) is 38.5 Å². The summed E-state index contributed by atoms with van der Waals surface area (Å²) in [6.07, 6.45) is 14.3. The second-order valence-electron chi connectivity index (χ2n) is 5.31. The Hall–Kier alpha value is -0.830. The van der Waals surface area contributed by atoms with Crippen LogP contribution in [0, 0.1) is 0 Å². The number of hydrogen-bond acceptors (Lipinski definition) is 3. The van der Waals surface area contributed by atoms with Crippen LogP contribution < -0.4 is 5.32 Å². The molecule has 1 unspecified atom stereocenters. The number of cyclic esters (lactones) is 1. The fraction of sp³-hybridized carbons (Fsp3) is 0.812. The molecule has 1 aliphatic heterocycles. The quantitative estimate of drug-likeness (QED) is 0.614. The van der Waals surface area contributed by atoms with Crippen molar-refractivity contribution < 1.29 is 9.53 Å². The van der Waals surface area contributed by atoms with Gasteiger partial charge < -0.3 is 10.1 Å². The number of esters is 1. The topological polar surface area (TPSA) is 38.3 Å². The Morgan fingerprint density at radius 3 is 2.84 bits per heavy atom. The normalized spacial score (nSPS) is 25.9. The van der Waals surface area contributed by atoms with Crippen LogP contribution in [0.1, 0.15) is 64.7 Å². The summed E-state index contributed by atoms with van der Waals surface area (Å²) >= 11 is 0. The summed E-state index contributed by atoms with van der Waals surface area (Å²) in [6, 6.07) is 0.581. The highest BCUT2D eigenvalue weighted by Gasteiger charge is 2.07. The van der Waals surface area contributed by atoms with Crippen molar-refractivity contribution in [3.63, 3.8) is 0 Å². The maximum Gasteiger partial charge on any atom is 0.305 e. The van der Waals surface area contributed by atoms with Crippen molar-refractivity contribution in [2.75, 3.05) is 13.2 Å². The molecule has 3 heteroatoms. The maximum absolute atomic E-state index is 11.5. The largest absolute Gasteiger partial charge is 0.464 e. The highest BCUT2D eigenvalue weighted by molar-refractivity contribution is 5.69. The van der Waals surface area contributed by atoms with Crippen LogP contribution in [0.25, 0.3) is 0 Å². The van der Waals surface area contributed by atoms with Gasteiger partial charge in [0, 0.05) is 19.0 Å². The molecule has 1 aliphatic rings. The molecule has 110 valence electrons. The van der Waals surface area contributed by atoms with Gasteiger partial charge in [-0.05, 0) is 38.5 Å². The van der Waals surface area contributed by atoms with Crippen LogP contribution in [-0.4, -0.2) is 25.2 Å². The second kappa shape index (κ2) is 11.0. The summed E-state index contributed by atoms with van der Waals surface area (Å²) in [6.45, 7) is 3.52. The van der Waals surface area contributed by atoms with E-state index >= 15 is 0 Å². The van der Waals surface area contributed by atoms with Crippen molar-refractivity contribution in [3.8, 4) is 0 Å². The molecule has 0 fully saturated rings. The van der Waals surface area contributed by atoms with E-state index in [2.05, 4.69) is 24.4 Å². The number of rotatable bonds is 2. The van der Waals surface area contributed by atoms with Crippen LogP contribution in [0.15, 0.2) is 12.2 Å². The third-order valence-electron chi connectivity index (χ3n) is 3.53. The average molecular weight is 267 g/mol. The second-order valence-corrected chi connectivity index (χ2v) is 5.31. The molecule has 0 aliphatic carbocycles. The molecule has 1 heterocycles. The lowest BCUT2D eigenvalue weighted by atomic mass is 10.0. The zero-order valence-corrected chi connectivity index (χ0v) is 12.3. The van der Waals surface area contributed by atoms with E-state index in [9.17, 15) is 4.79 Å². The summed E-state index contributed by atoms with van der Waals surface area (Å²) in [5.41, 5.74) is 0. The van der Waals surface area contributed by atoms with E-state index in [-0.39, 0.29) is 5.97 Å². The van der Waals surface area contributed by atoms with Gasteiger partial charge in [0.05, 0.1) is 0 Å². The van der Waals surface area contributed by atoms with Crippen LogP contribution >= 0.6 is 0 Å². The summed E-state index contributed by atoms with van der Waals surface area (Å²) in [5, 5.41) is 3.52. The van der Waals surface area contributed by atoms with Gasteiger partial charge in [0.2, 0.25) is 0 Å². The predicted octanol–water partition coefficient (Wildman–Crippen LogP) is 3.59. The van der Waals surface area contributed by atoms with Crippen LogP contribution in [0.2, 0.25) is 0 Å². The number of ether oxygens (including phenoxy) is 1. The molecule has 0 bridgehead atoms. The molecule has 1 atom stereocenters. The number of nitrogens with one attached hydrogen (secondary N) is 1. The molecule has 0 aromatic heterocycles. The third-order valence-corrected chi connectivity index (χ3v) is 3.53. The molecule has 0 saturated heterocycles. The zero-order chi connectivity index (χ0) is 13.8. The van der Waals surface area contributed by atoms with E-state index in [0.29, 0.717) is 19.1 Å². The Kier molecular flexibility index (Phi) is 9.42. The van der Waals surface area contributed by atoms with E-state index in [1.807, 2.05) is 0 Å². The lowest BCUT2D eigenvalue weighted by Gasteiger charge is -2.17. The van der Waals surface area contributed by atoms with Crippen LogP contribution in [0.5, 0.6) is 0 Å². The third kappa shape index (κ3) is 8.82. The first-order chi connectivity index (χ1) is 9.33. The van der Waals surface area contributed by atoms with Crippen LogP contribution in [-0.2, 0) is 9.53 Å². The minimum absolute atomic E-state index is 0.0582. The van der Waals surface area contributed by atoms with Gasteiger partial charge >= 0.3 is 5.97 Å². The first-order valence-corrected chi connectivity index (χ1v) is 7.87. The van der Waals surface area contributed by atoms with Crippen molar-refractivity contribution in [2.24, 2.45) is 0 Å². The Bertz CT molecular complexity index is 263. The van der Waals surface area contributed by atoms with Gasteiger partial charge in [0.25, 0.3) is 0 Å². The van der Waals surface area contributed by atoms with Gasteiger partial charge in [0.15, 0.2) is 0 Å². The molecule has 0 amide bonds.